The number of aromatic hydroxyl groups is 1. The largest absolute Gasteiger partial charge is 0.508 e. The molecule has 0 fully saturated rings. The van der Waals surface area contributed by atoms with Crippen molar-refractivity contribution in [3.63, 3.8) is 0 Å². The number of hydrogen-bond donors (Lipinski definition) is 3. The molecule has 3 aromatic carbocycles. The van der Waals surface area contributed by atoms with Crippen LogP contribution in [0.15, 0.2) is 71.4 Å². The van der Waals surface area contributed by atoms with Crippen LogP contribution in [0.2, 0.25) is 10.0 Å². The van der Waals surface area contributed by atoms with Crippen LogP contribution in [0.3, 0.4) is 0 Å². The Kier molecular flexibility index (Phi) is 9.10. The van der Waals surface area contributed by atoms with Crippen LogP contribution in [0.1, 0.15) is 21.5 Å². The van der Waals surface area contributed by atoms with E-state index in [4.69, 9.17) is 23.2 Å². The van der Waals surface area contributed by atoms with Gasteiger partial charge in [0.05, 0.1) is 20.5 Å². The van der Waals surface area contributed by atoms with Crippen LogP contribution < -0.4 is 10.6 Å². The maximum Gasteiger partial charge on any atom is 0.326 e. The Bertz CT molecular complexity index is 1560. The van der Waals surface area contributed by atoms with Crippen LogP contribution in [0, 0.1) is 0 Å². The van der Waals surface area contributed by atoms with Gasteiger partial charge in [-0.2, -0.15) is 0 Å². The molecule has 0 aliphatic heterocycles. The average Bonchev–Trinajstić information content (AvgIpc) is 2.81. The second kappa shape index (κ2) is 11.7. The summed E-state index contributed by atoms with van der Waals surface area (Å²) in [6.45, 7) is 1.53. The van der Waals surface area contributed by atoms with E-state index in [9.17, 15) is 32.8 Å². The number of amides is 1. The van der Waals surface area contributed by atoms with E-state index in [1.807, 2.05) is 0 Å². The standard InChI is InChI=1S/C26H24Cl2NO7PS/c1-37(34,19-7-4-6-18(30)15-19)10-9-17-12-21(27)24(22(28)13-17)25(31)29-23(26(32)33)14-16-5-3-8-20(11-16)38(2,35)36/h3-13,15,23,30H,14H2,1-2H3,(H,29,31)(H,32,33)/b10-9+. The van der Waals surface area contributed by atoms with Crippen LogP contribution in [-0.4, -0.2) is 49.5 Å². The normalized spacial score (nSPS) is 14.1. The number of halogens is 2. The zero-order chi connectivity index (χ0) is 28.3. The molecule has 3 aromatic rings. The summed E-state index contributed by atoms with van der Waals surface area (Å²) in [6.07, 6.45) is 2.39. The van der Waals surface area contributed by atoms with Crippen molar-refractivity contribution in [1.29, 1.82) is 0 Å². The zero-order valence-electron chi connectivity index (χ0n) is 20.3. The van der Waals surface area contributed by atoms with Gasteiger partial charge in [0.2, 0.25) is 0 Å². The monoisotopic (exact) mass is 595 g/mol. The molecule has 0 saturated heterocycles. The van der Waals surface area contributed by atoms with Crippen molar-refractivity contribution in [2.24, 2.45) is 0 Å². The van der Waals surface area contributed by atoms with Crippen molar-refractivity contribution in [1.82, 2.24) is 5.32 Å². The molecule has 2 unspecified atom stereocenters. The van der Waals surface area contributed by atoms with Crippen LogP contribution in [0.4, 0.5) is 0 Å². The minimum absolute atomic E-state index is 0.0119. The van der Waals surface area contributed by atoms with Crippen LogP contribution in [-0.2, 0) is 25.6 Å². The van der Waals surface area contributed by atoms with E-state index < -0.39 is 34.9 Å². The van der Waals surface area contributed by atoms with Crippen molar-refractivity contribution >= 4 is 63.4 Å². The number of nitrogens with one attached hydrogen (secondary N) is 1. The SMILES string of the molecule is CP(=O)(/C=C/c1cc(Cl)c(C(=O)NC(Cc2cccc(S(C)(=O)=O)c2)C(=O)O)c(Cl)c1)c1cccc(O)c1. The highest BCUT2D eigenvalue weighted by molar-refractivity contribution is 7.90. The Morgan fingerprint density at radius 2 is 1.68 bits per heavy atom. The zero-order valence-corrected chi connectivity index (χ0v) is 23.5. The second-order valence-corrected chi connectivity index (χ2v) is 14.3. The van der Waals surface area contributed by atoms with Crippen molar-refractivity contribution in [3.05, 3.63) is 93.2 Å². The Labute approximate surface area is 230 Å². The second-order valence-electron chi connectivity index (χ2n) is 8.67. The first kappa shape index (κ1) is 29.5. The highest BCUT2D eigenvalue weighted by Crippen LogP contribution is 2.43. The smallest absolute Gasteiger partial charge is 0.326 e. The molecule has 0 aliphatic carbocycles. The first-order valence-corrected chi connectivity index (χ1v) is 15.9. The first-order chi connectivity index (χ1) is 17.7. The van der Waals surface area contributed by atoms with Gasteiger partial charge in [0.15, 0.2) is 9.84 Å². The highest BCUT2D eigenvalue weighted by atomic mass is 35.5. The van der Waals surface area contributed by atoms with Gasteiger partial charge in [-0.05, 0) is 60.0 Å². The van der Waals surface area contributed by atoms with Gasteiger partial charge in [-0.1, -0.05) is 53.5 Å². The molecule has 0 saturated carbocycles. The third-order valence-corrected chi connectivity index (χ3v) is 9.28. The molecule has 12 heteroatoms. The number of carbonyl (C=O) groups excluding carboxylic acids is 1. The average molecular weight is 596 g/mol. The summed E-state index contributed by atoms with van der Waals surface area (Å²) in [5.41, 5.74) is 0.703. The van der Waals surface area contributed by atoms with Gasteiger partial charge in [-0.3, -0.25) is 4.79 Å². The molecule has 0 aromatic heterocycles. The predicted octanol–water partition coefficient (Wildman–Crippen LogP) is 4.82. The summed E-state index contributed by atoms with van der Waals surface area (Å²) < 4.78 is 36.7. The molecule has 0 radical (unpaired) electrons. The molecule has 0 bridgehead atoms. The molecule has 0 heterocycles. The van der Waals surface area contributed by atoms with Crippen molar-refractivity contribution in [2.45, 2.75) is 17.4 Å². The van der Waals surface area contributed by atoms with Crippen molar-refractivity contribution in [3.8, 4) is 5.75 Å². The Morgan fingerprint density at radius 3 is 2.26 bits per heavy atom. The Morgan fingerprint density at radius 1 is 1.05 bits per heavy atom. The topological polar surface area (TPSA) is 138 Å². The molecule has 3 N–H and O–H groups in total. The minimum Gasteiger partial charge on any atom is -0.508 e. The number of phenols is 1. The van der Waals surface area contributed by atoms with Gasteiger partial charge in [-0.15, -0.1) is 0 Å². The van der Waals surface area contributed by atoms with Crippen LogP contribution in [0.25, 0.3) is 6.08 Å². The number of carboxylic acid groups (broad SMARTS) is 1. The summed E-state index contributed by atoms with van der Waals surface area (Å²) in [5, 5.41) is 22.0. The number of phenolic OH excluding ortho intramolecular Hbond substituents is 1. The molecule has 8 nitrogen and oxygen atoms in total. The third kappa shape index (κ3) is 7.48. The van der Waals surface area contributed by atoms with E-state index in [1.165, 1.54) is 61.0 Å². The molecular weight excluding hydrogens is 572 g/mol. The number of carbonyl (C=O) groups is 2. The van der Waals surface area contributed by atoms with Gasteiger partial charge in [0.1, 0.15) is 18.9 Å². The number of benzene rings is 3. The Hall–Kier alpha value is -3.10. The fourth-order valence-electron chi connectivity index (χ4n) is 3.56. The molecule has 200 valence electrons. The lowest BCUT2D eigenvalue weighted by Gasteiger charge is -2.17. The summed E-state index contributed by atoms with van der Waals surface area (Å²) in [4.78, 5) is 24.8. The third-order valence-electron chi connectivity index (χ3n) is 5.56. The lowest BCUT2D eigenvalue weighted by Crippen LogP contribution is -2.42. The number of hydrogen-bond acceptors (Lipinski definition) is 6. The summed E-state index contributed by atoms with van der Waals surface area (Å²) in [6, 6.07) is 13.3. The lowest BCUT2D eigenvalue weighted by atomic mass is 10.0. The van der Waals surface area contributed by atoms with Crippen LogP contribution >= 0.6 is 30.3 Å². The Balaban J connectivity index is 1.82. The van der Waals surface area contributed by atoms with Gasteiger partial charge in [0, 0.05) is 18.0 Å². The molecular formula is C26H24Cl2NO7PS. The molecule has 2 atom stereocenters. The van der Waals surface area contributed by atoms with E-state index in [2.05, 4.69) is 5.32 Å². The first-order valence-electron chi connectivity index (χ1n) is 11.0. The maximum absolute atomic E-state index is 13.1. The van der Waals surface area contributed by atoms with Gasteiger partial charge in [0.25, 0.3) is 5.91 Å². The van der Waals surface area contributed by atoms with E-state index >= 15 is 0 Å². The molecule has 0 spiro atoms. The maximum atomic E-state index is 13.1. The van der Waals surface area contributed by atoms with E-state index in [-0.39, 0.29) is 32.7 Å². The van der Waals surface area contributed by atoms with E-state index in [0.29, 0.717) is 16.4 Å². The summed E-state index contributed by atoms with van der Waals surface area (Å²) >= 11 is 12.6. The van der Waals surface area contributed by atoms with Crippen molar-refractivity contribution in [2.75, 3.05) is 12.9 Å². The van der Waals surface area contributed by atoms with E-state index in [1.54, 1.807) is 18.2 Å². The lowest BCUT2D eigenvalue weighted by molar-refractivity contribution is -0.139. The van der Waals surface area contributed by atoms with Crippen LogP contribution in [0.5, 0.6) is 5.75 Å². The minimum atomic E-state index is -3.50. The fourth-order valence-corrected chi connectivity index (χ4v) is 6.32. The number of sulfone groups is 1. The molecule has 38 heavy (non-hydrogen) atoms. The van der Waals surface area contributed by atoms with E-state index in [0.717, 1.165) is 6.26 Å². The number of rotatable bonds is 9. The quantitative estimate of drug-likeness (QED) is 0.301. The molecule has 0 aliphatic rings. The number of aliphatic carboxylic acids is 1. The fraction of sp³-hybridized carbons (Fsp3) is 0.154. The van der Waals surface area contributed by atoms with Gasteiger partial charge >= 0.3 is 5.97 Å². The molecule has 1 amide bonds. The van der Waals surface area contributed by atoms with Gasteiger partial charge in [-0.25, -0.2) is 13.2 Å². The summed E-state index contributed by atoms with van der Waals surface area (Å²) in [5.74, 6) is -0.708. The van der Waals surface area contributed by atoms with Crippen molar-refractivity contribution < 1.29 is 32.8 Å². The summed E-state index contributed by atoms with van der Waals surface area (Å²) in [7, 11) is -6.48. The molecule has 3 rings (SSSR count). The predicted molar refractivity (Wildman–Crippen MR) is 149 cm³/mol. The highest BCUT2D eigenvalue weighted by Gasteiger charge is 2.25. The van der Waals surface area contributed by atoms with Gasteiger partial charge < -0.3 is 20.1 Å². The number of carboxylic acids is 1.